The van der Waals surface area contributed by atoms with Gasteiger partial charge in [-0.3, -0.25) is 4.79 Å². The zero-order valence-corrected chi connectivity index (χ0v) is 26.0. The molecule has 9 nitrogen and oxygen atoms in total. The number of hydrogen-bond donors (Lipinski definition) is 2. The summed E-state index contributed by atoms with van der Waals surface area (Å²) < 4.78 is 6.63. The van der Waals surface area contributed by atoms with Gasteiger partial charge in [0.1, 0.15) is 10.9 Å². The van der Waals surface area contributed by atoms with Gasteiger partial charge in [-0.05, 0) is 48.8 Å². The van der Waals surface area contributed by atoms with E-state index < -0.39 is 8.32 Å². The van der Waals surface area contributed by atoms with Gasteiger partial charge in [0, 0.05) is 44.4 Å². The molecule has 1 atom stereocenters. The second kappa shape index (κ2) is 10.3. The highest BCUT2D eigenvalue weighted by Crippen LogP contribution is 2.44. The first kappa shape index (κ1) is 28.7. The van der Waals surface area contributed by atoms with E-state index in [-0.39, 0.29) is 16.4 Å². The molecule has 1 aromatic carbocycles. The summed E-state index contributed by atoms with van der Waals surface area (Å²) in [5, 5.41) is 17.2. The summed E-state index contributed by atoms with van der Waals surface area (Å²) in [6.07, 6.45) is 1.67. The lowest BCUT2D eigenvalue weighted by atomic mass is 9.83. The van der Waals surface area contributed by atoms with Crippen molar-refractivity contribution in [3.63, 3.8) is 0 Å². The third-order valence-electron chi connectivity index (χ3n) is 7.69. The largest absolute Gasteiger partial charge is 0.416 e. The third-order valence-corrected chi connectivity index (χ3v) is 13.2. The number of thiazole rings is 1. The minimum absolute atomic E-state index is 0.0934. The minimum Gasteiger partial charge on any atom is -0.416 e. The number of benzene rings is 1. The van der Waals surface area contributed by atoms with Crippen LogP contribution in [0.5, 0.6) is 0 Å². The van der Waals surface area contributed by atoms with E-state index in [4.69, 9.17) is 9.41 Å². The molecule has 0 unspecified atom stereocenters. The van der Waals surface area contributed by atoms with Gasteiger partial charge in [-0.1, -0.05) is 39.0 Å². The molecule has 206 valence electrons. The first-order valence-corrected chi connectivity index (χ1v) is 16.6. The summed E-state index contributed by atoms with van der Waals surface area (Å²) in [5.41, 5.74) is 4.39. The molecule has 0 radical (unpaired) electrons. The molecule has 2 aromatic heterocycles. The van der Waals surface area contributed by atoms with Gasteiger partial charge in [-0.25, -0.2) is 15.0 Å². The average molecular weight is 564 g/mol. The average Bonchev–Trinajstić information content (AvgIpc) is 3.40. The Bertz CT molecular complexity index is 1460. The number of amides is 1. The van der Waals surface area contributed by atoms with E-state index in [0.29, 0.717) is 46.1 Å². The number of fused-ring (bicyclic) bond motifs is 1. The van der Waals surface area contributed by atoms with Gasteiger partial charge in [0.2, 0.25) is 5.95 Å². The van der Waals surface area contributed by atoms with E-state index in [1.54, 1.807) is 20.3 Å². The van der Waals surface area contributed by atoms with Crippen LogP contribution in [0.2, 0.25) is 18.1 Å². The fraction of sp³-hybridized carbons (Fsp3) is 0.464. The number of anilines is 3. The Balaban J connectivity index is 1.65. The van der Waals surface area contributed by atoms with Crippen LogP contribution in [0, 0.1) is 18.3 Å². The Morgan fingerprint density at radius 2 is 2.03 bits per heavy atom. The van der Waals surface area contributed by atoms with Gasteiger partial charge >= 0.3 is 0 Å². The lowest BCUT2D eigenvalue weighted by Crippen LogP contribution is -2.45. The molecule has 0 saturated heterocycles. The number of carbonyl (C=O) groups is 1. The van der Waals surface area contributed by atoms with Crippen LogP contribution in [0.25, 0.3) is 11.3 Å². The molecule has 3 aromatic rings. The van der Waals surface area contributed by atoms with Crippen LogP contribution < -0.4 is 10.6 Å². The van der Waals surface area contributed by atoms with Gasteiger partial charge in [0.05, 0.1) is 22.6 Å². The number of aryl methyl sites for hydroxylation is 1. The van der Waals surface area contributed by atoms with Crippen LogP contribution in [-0.2, 0) is 9.84 Å². The van der Waals surface area contributed by atoms with E-state index in [9.17, 15) is 10.1 Å². The standard InChI is InChI=1S/C28H37N7O2SSi/c1-17-23(24(36)35(6)7)38-26(32-17)34-25-30-11-10-21(33-25)18-12-19(14-29)22-20(13-18)28(5,15-31-22)16-37-39(8,9)27(2,3)4/h10-13,31H,15-16H2,1-9H3,(H,30,32,33,34)/t28-/m1/s1. The van der Waals surface area contributed by atoms with E-state index >= 15 is 0 Å². The topological polar surface area (TPSA) is 116 Å². The molecule has 4 rings (SSSR count). The van der Waals surface area contributed by atoms with Crippen molar-refractivity contribution in [1.82, 2.24) is 19.9 Å². The summed E-state index contributed by atoms with van der Waals surface area (Å²) >= 11 is 1.27. The maximum atomic E-state index is 12.4. The number of nitrogens with one attached hydrogen (secondary N) is 2. The van der Waals surface area contributed by atoms with E-state index in [1.165, 1.54) is 16.2 Å². The summed E-state index contributed by atoms with van der Waals surface area (Å²) in [6, 6.07) is 8.16. The molecule has 0 fully saturated rings. The summed E-state index contributed by atoms with van der Waals surface area (Å²) in [7, 11) is 1.48. The molecular formula is C28H37N7O2SSi. The summed E-state index contributed by atoms with van der Waals surface area (Å²) in [6.45, 7) is 16.5. The molecule has 0 aliphatic carbocycles. The van der Waals surface area contributed by atoms with Crippen molar-refractivity contribution in [3.05, 3.63) is 46.1 Å². The molecule has 3 heterocycles. The van der Waals surface area contributed by atoms with Crippen LogP contribution >= 0.6 is 11.3 Å². The lowest BCUT2D eigenvalue weighted by molar-refractivity contribution is 0.0831. The highest BCUT2D eigenvalue weighted by atomic mass is 32.1. The first-order valence-electron chi connectivity index (χ1n) is 12.9. The van der Waals surface area contributed by atoms with E-state index in [0.717, 1.165) is 16.8 Å². The highest BCUT2D eigenvalue weighted by molar-refractivity contribution is 7.17. The molecular weight excluding hydrogens is 527 g/mol. The number of aromatic nitrogens is 3. The maximum absolute atomic E-state index is 12.4. The molecule has 1 aliphatic rings. The number of nitriles is 1. The van der Waals surface area contributed by atoms with E-state index in [2.05, 4.69) is 73.5 Å². The van der Waals surface area contributed by atoms with Crippen molar-refractivity contribution in [2.24, 2.45) is 0 Å². The summed E-state index contributed by atoms with van der Waals surface area (Å²) in [4.78, 5) is 28.1. The lowest BCUT2D eigenvalue weighted by Gasteiger charge is -2.39. The zero-order valence-electron chi connectivity index (χ0n) is 24.2. The number of hydrogen-bond acceptors (Lipinski definition) is 9. The molecule has 1 amide bonds. The first-order chi connectivity index (χ1) is 18.1. The van der Waals surface area contributed by atoms with Crippen molar-refractivity contribution in [3.8, 4) is 17.3 Å². The van der Waals surface area contributed by atoms with Crippen molar-refractivity contribution < 1.29 is 9.22 Å². The highest BCUT2D eigenvalue weighted by Gasteiger charge is 2.42. The Morgan fingerprint density at radius 1 is 1.31 bits per heavy atom. The Kier molecular flexibility index (Phi) is 7.60. The number of rotatable bonds is 7. The number of nitrogens with zero attached hydrogens (tertiary/aromatic N) is 5. The zero-order chi connectivity index (χ0) is 28.8. The van der Waals surface area contributed by atoms with Crippen LogP contribution in [0.4, 0.5) is 16.8 Å². The monoisotopic (exact) mass is 563 g/mol. The van der Waals surface area contributed by atoms with Crippen molar-refractivity contribution in [2.45, 2.75) is 58.2 Å². The van der Waals surface area contributed by atoms with Crippen LogP contribution in [-0.4, -0.2) is 61.3 Å². The summed E-state index contributed by atoms with van der Waals surface area (Å²) in [5.74, 6) is 0.273. The minimum atomic E-state index is -1.95. The molecule has 0 bridgehead atoms. The molecule has 39 heavy (non-hydrogen) atoms. The fourth-order valence-electron chi connectivity index (χ4n) is 4.14. The Morgan fingerprint density at radius 3 is 2.67 bits per heavy atom. The second-order valence-electron chi connectivity index (χ2n) is 12.0. The van der Waals surface area contributed by atoms with Crippen LogP contribution in [0.1, 0.15) is 54.2 Å². The molecule has 1 aliphatic heterocycles. The van der Waals surface area contributed by atoms with Gasteiger partial charge in [-0.15, -0.1) is 0 Å². The number of carbonyl (C=O) groups excluding carboxylic acids is 1. The van der Waals surface area contributed by atoms with Gasteiger partial charge < -0.3 is 20.0 Å². The van der Waals surface area contributed by atoms with Gasteiger partial charge in [0.15, 0.2) is 13.4 Å². The molecule has 0 saturated carbocycles. The van der Waals surface area contributed by atoms with Gasteiger partial charge in [-0.2, -0.15) is 5.26 Å². The molecule has 0 spiro atoms. The van der Waals surface area contributed by atoms with Crippen molar-refractivity contribution in [1.29, 1.82) is 5.26 Å². The van der Waals surface area contributed by atoms with Gasteiger partial charge in [0.25, 0.3) is 5.91 Å². The smallest absolute Gasteiger partial charge is 0.265 e. The third kappa shape index (κ3) is 5.69. The van der Waals surface area contributed by atoms with Crippen LogP contribution in [0.3, 0.4) is 0 Å². The predicted octanol–water partition coefficient (Wildman–Crippen LogP) is 5.93. The predicted molar refractivity (Wildman–Crippen MR) is 159 cm³/mol. The van der Waals surface area contributed by atoms with E-state index in [1.807, 2.05) is 19.1 Å². The Labute approximate surface area is 235 Å². The fourth-order valence-corrected chi connectivity index (χ4v) is 6.23. The van der Waals surface area contributed by atoms with Crippen molar-refractivity contribution in [2.75, 3.05) is 37.9 Å². The quantitative estimate of drug-likeness (QED) is 0.340. The Hall–Kier alpha value is -3.33. The second-order valence-corrected chi connectivity index (χ2v) is 17.9. The molecule has 2 N–H and O–H groups in total. The normalized spacial score (nSPS) is 16.8. The molecule has 11 heteroatoms. The van der Waals surface area contributed by atoms with Crippen LogP contribution in [0.15, 0.2) is 24.4 Å². The SMILES string of the molecule is Cc1nc(Nc2nccc(-c3cc(C#N)c4c(c3)[C@@](C)(CO[Si](C)(C)C(C)(C)C)CN4)n2)sc1C(=O)N(C)C. The maximum Gasteiger partial charge on any atom is 0.265 e. The van der Waals surface area contributed by atoms with Crippen molar-refractivity contribution >= 4 is 42.3 Å².